The van der Waals surface area contributed by atoms with Crippen LogP contribution in [0.15, 0.2) is 42.5 Å². The van der Waals surface area contributed by atoms with E-state index in [0.717, 1.165) is 18.6 Å². The molecule has 0 fully saturated rings. The molecule has 0 aromatic heterocycles. The van der Waals surface area contributed by atoms with Crippen LogP contribution in [0.5, 0.6) is 5.75 Å². The van der Waals surface area contributed by atoms with Crippen molar-refractivity contribution in [1.82, 2.24) is 0 Å². The third-order valence-corrected chi connectivity index (χ3v) is 4.90. The van der Waals surface area contributed by atoms with Crippen LogP contribution in [0, 0.1) is 0 Å². The minimum atomic E-state index is -0.204. The second-order valence-corrected chi connectivity index (χ2v) is 7.74. The summed E-state index contributed by atoms with van der Waals surface area (Å²) in [7, 11) is 0. The predicted molar refractivity (Wildman–Crippen MR) is 128 cm³/mol. The maximum atomic E-state index is 12.3. The fourth-order valence-electron chi connectivity index (χ4n) is 2.92. The van der Waals surface area contributed by atoms with E-state index in [-0.39, 0.29) is 18.4 Å². The van der Waals surface area contributed by atoms with Crippen LogP contribution in [-0.2, 0) is 9.59 Å². The van der Waals surface area contributed by atoms with E-state index < -0.39 is 0 Å². The van der Waals surface area contributed by atoms with Crippen LogP contribution in [0.2, 0.25) is 5.02 Å². The summed E-state index contributed by atoms with van der Waals surface area (Å²) in [6.45, 7) is 4.88. The molecule has 2 amide bonds. The number of unbranched alkanes of at least 4 members (excludes halogenated alkanes) is 3. The molecule has 0 saturated carbocycles. The van der Waals surface area contributed by atoms with Crippen molar-refractivity contribution in [2.45, 2.75) is 52.4 Å². The first-order chi connectivity index (χ1) is 15.0. The second kappa shape index (κ2) is 13.5. The van der Waals surface area contributed by atoms with E-state index in [1.54, 1.807) is 18.2 Å². The summed E-state index contributed by atoms with van der Waals surface area (Å²) in [4.78, 5) is 24.0. The number of carbonyl (C=O) groups excluding carboxylic acids is 2. The van der Waals surface area contributed by atoms with Crippen molar-refractivity contribution >= 4 is 40.5 Å². The summed E-state index contributed by atoms with van der Waals surface area (Å²) in [5.41, 5.74) is 1.91. The third kappa shape index (κ3) is 9.30. The van der Waals surface area contributed by atoms with Crippen molar-refractivity contribution in [1.29, 1.82) is 0 Å². The van der Waals surface area contributed by atoms with Crippen LogP contribution in [0.4, 0.5) is 17.1 Å². The molecule has 3 N–H and O–H groups in total. The van der Waals surface area contributed by atoms with Gasteiger partial charge < -0.3 is 20.7 Å². The molecule has 2 aromatic carbocycles. The second-order valence-electron chi connectivity index (χ2n) is 7.33. The van der Waals surface area contributed by atoms with Gasteiger partial charge in [-0.05, 0) is 55.3 Å². The average Bonchev–Trinajstić information content (AvgIpc) is 2.75. The van der Waals surface area contributed by atoms with Gasteiger partial charge in [-0.3, -0.25) is 9.59 Å². The van der Waals surface area contributed by atoms with Crippen molar-refractivity contribution in [2.24, 2.45) is 0 Å². The van der Waals surface area contributed by atoms with Crippen molar-refractivity contribution in [2.75, 3.05) is 29.1 Å². The Kier molecular flexibility index (Phi) is 10.7. The van der Waals surface area contributed by atoms with Crippen molar-refractivity contribution < 1.29 is 14.3 Å². The normalized spacial score (nSPS) is 10.4. The van der Waals surface area contributed by atoms with Crippen LogP contribution in [0.3, 0.4) is 0 Å². The van der Waals surface area contributed by atoms with Gasteiger partial charge in [-0.25, -0.2) is 0 Å². The number of hydrogen-bond donors (Lipinski definition) is 3. The molecule has 6 nitrogen and oxygen atoms in total. The molecule has 0 radical (unpaired) electrons. The van der Waals surface area contributed by atoms with Crippen molar-refractivity contribution in [3.63, 3.8) is 0 Å². The number of benzene rings is 2. The highest BCUT2D eigenvalue weighted by Crippen LogP contribution is 2.25. The molecule has 0 aliphatic heterocycles. The Hall–Kier alpha value is -2.73. The molecule has 0 unspecified atom stereocenters. The summed E-state index contributed by atoms with van der Waals surface area (Å²) >= 11 is 6.20. The first-order valence-electron chi connectivity index (χ1n) is 10.9. The molecular weight excluding hydrogens is 414 g/mol. The van der Waals surface area contributed by atoms with Gasteiger partial charge in [-0.2, -0.15) is 0 Å². The van der Waals surface area contributed by atoms with Gasteiger partial charge >= 0.3 is 0 Å². The van der Waals surface area contributed by atoms with Crippen LogP contribution >= 0.6 is 11.6 Å². The summed E-state index contributed by atoms with van der Waals surface area (Å²) in [5, 5.41) is 9.14. The largest absolute Gasteiger partial charge is 0.494 e. The molecule has 0 atom stereocenters. The minimum absolute atomic E-state index is 0.0434. The predicted octanol–water partition coefficient (Wildman–Crippen LogP) is 6.09. The molecule has 0 bridgehead atoms. The minimum Gasteiger partial charge on any atom is -0.494 e. The quantitative estimate of drug-likeness (QED) is 0.326. The number of rotatable bonds is 13. The number of halogens is 1. The summed E-state index contributed by atoms with van der Waals surface area (Å²) in [5.74, 6) is 0.535. The zero-order valence-corrected chi connectivity index (χ0v) is 19.1. The lowest BCUT2D eigenvalue weighted by molar-refractivity contribution is -0.116. The topological polar surface area (TPSA) is 79.5 Å². The van der Waals surface area contributed by atoms with E-state index >= 15 is 0 Å². The molecule has 0 aliphatic carbocycles. The van der Waals surface area contributed by atoms with Gasteiger partial charge in [0.1, 0.15) is 5.75 Å². The van der Waals surface area contributed by atoms with Gasteiger partial charge in [0, 0.05) is 17.8 Å². The highest BCUT2D eigenvalue weighted by molar-refractivity contribution is 6.33. The Morgan fingerprint density at radius 2 is 1.58 bits per heavy atom. The monoisotopic (exact) mass is 445 g/mol. The van der Waals surface area contributed by atoms with Gasteiger partial charge in [-0.1, -0.05) is 44.7 Å². The van der Waals surface area contributed by atoms with E-state index in [1.807, 2.05) is 31.2 Å². The first kappa shape index (κ1) is 24.5. The molecule has 7 heteroatoms. The highest BCUT2D eigenvalue weighted by Gasteiger charge is 2.08. The summed E-state index contributed by atoms with van der Waals surface area (Å²) < 4.78 is 5.72. The van der Waals surface area contributed by atoms with E-state index in [9.17, 15) is 9.59 Å². The zero-order valence-electron chi connectivity index (χ0n) is 18.3. The third-order valence-electron chi connectivity index (χ3n) is 4.57. The Bertz CT molecular complexity index is 840. The van der Waals surface area contributed by atoms with E-state index in [1.165, 1.54) is 19.3 Å². The number of hydrogen-bond acceptors (Lipinski definition) is 4. The van der Waals surface area contributed by atoms with Crippen LogP contribution in [0.1, 0.15) is 52.4 Å². The maximum Gasteiger partial charge on any atom is 0.243 e. The zero-order chi connectivity index (χ0) is 22.5. The molecule has 0 heterocycles. The van der Waals surface area contributed by atoms with Gasteiger partial charge in [0.25, 0.3) is 0 Å². The lowest BCUT2D eigenvalue weighted by atomic mass is 10.2. The number of amides is 2. The van der Waals surface area contributed by atoms with Crippen LogP contribution in [-0.4, -0.2) is 25.0 Å². The molecule has 2 aromatic rings. The molecule has 31 heavy (non-hydrogen) atoms. The van der Waals surface area contributed by atoms with E-state index in [0.29, 0.717) is 35.1 Å². The maximum absolute atomic E-state index is 12.3. The fourth-order valence-corrected chi connectivity index (χ4v) is 3.11. The van der Waals surface area contributed by atoms with E-state index in [4.69, 9.17) is 16.3 Å². The van der Waals surface area contributed by atoms with Gasteiger partial charge in [0.05, 0.1) is 23.9 Å². The number of carbonyl (C=O) groups is 2. The molecule has 2 rings (SSSR count). The molecule has 168 valence electrons. The van der Waals surface area contributed by atoms with Gasteiger partial charge in [0.2, 0.25) is 11.8 Å². The Morgan fingerprint density at radius 3 is 2.29 bits per heavy atom. The van der Waals surface area contributed by atoms with Crippen molar-refractivity contribution in [3.8, 4) is 5.75 Å². The van der Waals surface area contributed by atoms with Crippen LogP contribution in [0.25, 0.3) is 0 Å². The van der Waals surface area contributed by atoms with Crippen LogP contribution < -0.4 is 20.7 Å². The first-order valence-corrected chi connectivity index (χ1v) is 11.3. The fraction of sp³-hybridized carbons (Fsp3) is 0.417. The SMILES string of the molecule is CCCCCCOc1ccc(NC(=O)CNc2cc(NC(=O)CCC)ccc2Cl)cc1. The Morgan fingerprint density at radius 1 is 0.871 bits per heavy atom. The number of anilines is 3. The summed E-state index contributed by atoms with van der Waals surface area (Å²) in [6, 6.07) is 12.5. The lowest BCUT2D eigenvalue weighted by Gasteiger charge is -2.12. The Labute approximate surface area is 189 Å². The summed E-state index contributed by atoms with van der Waals surface area (Å²) in [6.07, 6.45) is 5.88. The number of ether oxygens (including phenoxy) is 1. The van der Waals surface area contributed by atoms with Crippen molar-refractivity contribution in [3.05, 3.63) is 47.5 Å². The standard InChI is InChI=1S/C24H32ClN3O3/c1-3-5-6-7-15-31-20-12-9-18(10-13-20)27-24(30)17-26-22-16-19(11-14-21(22)25)28-23(29)8-4-2/h9-14,16,26H,3-8,15,17H2,1-2H3,(H,27,30)(H,28,29). The smallest absolute Gasteiger partial charge is 0.243 e. The van der Waals surface area contributed by atoms with Gasteiger partial charge in [0.15, 0.2) is 0 Å². The highest BCUT2D eigenvalue weighted by atomic mass is 35.5. The van der Waals surface area contributed by atoms with E-state index in [2.05, 4.69) is 22.9 Å². The number of nitrogens with one attached hydrogen (secondary N) is 3. The molecule has 0 saturated heterocycles. The molecular formula is C24H32ClN3O3. The lowest BCUT2D eigenvalue weighted by Crippen LogP contribution is -2.22. The van der Waals surface area contributed by atoms with Gasteiger partial charge in [-0.15, -0.1) is 0 Å². The molecule has 0 aliphatic rings. The Balaban J connectivity index is 1.80. The average molecular weight is 446 g/mol. The molecule has 0 spiro atoms.